The SMILES string of the molecule is COc1ccc(-c2cc(C(N)=O)c(C)n2C)cc1. The molecule has 0 saturated heterocycles. The van der Waals surface area contributed by atoms with Gasteiger partial charge in [0.25, 0.3) is 5.91 Å². The van der Waals surface area contributed by atoms with Crippen molar-refractivity contribution >= 4 is 5.91 Å². The molecule has 0 aliphatic carbocycles. The number of carbonyl (C=O) groups excluding carboxylic acids is 1. The van der Waals surface area contributed by atoms with Crippen molar-refractivity contribution in [3.8, 4) is 17.0 Å². The summed E-state index contributed by atoms with van der Waals surface area (Å²) in [6.07, 6.45) is 0. The van der Waals surface area contributed by atoms with Crippen molar-refractivity contribution in [1.82, 2.24) is 4.57 Å². The Bertz CT molecular complexity index is 583. The molecular formula is C14H16N2O2. The van der Waals surface area contributed by atoms with Crippen molar-refractivity contribution in [3.05, 3.63) is 41.6 Å². The molecule has 18 heavy (non-hydrogen) atoms. The maximum atomic E-state index is 11.3. The lowest BCUT2D eigenvalue weighted by Gasteiger charge is -2.06. The molecule has 94 valence electrons. The van der Waals surface area contributed by atoms with E-state index in [4.69, 9.17) is 10.5 Å². The average Bonchev–Trinajstić information content (AvgIpc) is 2.67. The summed E-state index contributed by atoms with van der Waals surface area (Å²) in [7, 11) is 3.55. The van der Waals surface area contributed by atoms with Gasteiger partial charge in [-0.05, 0) is 42.8 Å². The highest BCUT2D eigenvalue weighted by Gasteiger charge is 2.14. The molecule has 1 heterocycles. The quantitative estimate of drug-likeness (QED) is 0.899. The molecule has 0 atom stereocenters. The Morgan fingerprint density at radius 2 is 1.89 bits per heavy atom. The topological polar surface area (TPSA) is 57.2 Å². The zero-order valence-electron chi connectivity index (χ0n) is 10.7. The molecule has 2 aromatic rings. The molecule has 0 fully saturated rings. The van der Waals surface area contributed by atoms with Gasteiger partial charge in [-0.15, -0.1) is 0 Å². The Morgan fingerprint density at radius 1 is 1.28 bits per heavy atom. The lowest BCUT2D eigenvalue weighted by atomic mass is 10.1. The predicted octanol–water partition coefficient (Wildman–Crippen LogP) is 2.11. The molecule has 1 amide bonds. The zero-order valence-corrected chi connectivity index (χ0v) is 10.7. The van der Waals surface area contributed by atoms with Crippen LogP contribution >= 0.6 is 0 Å². The maximum Gasteiger partial charge on any atom is 0.250 e. The fraction of sp³-hybridized carbons (Fsp3) is 0.214. The second-order valence-electron chi connectivity index (χ2n) is 4.18. The van der Waals surface area contributed by atoms with Gasteiger partial charge in [0.1, 0.15) is 5.75 Å². The monoisotopic (exact) mass is 244 g/mol. The van der Waals surface area contributed by atoms with Crippen LogP contribution in [0.15, 0.2) is 30.3 Å². The zero-order chi connectivity index (χ0) is 13.3. The molecule has 2 rings (SSSR count). The molecule has 0 radical (unpaired) electrons. The van der Waals surface area contributed by atoms with Crippen LogP contribution in [0, 0.1) is 6.92 Å². The van der Waals surface area contributed by atoms with Gasteiger partial charge in [0.15, 0.2) is 0 Å². The van der Waals surface area contributed by atoms with Crippen molar-refractivity contribution in [1.29, 1.82) is 0 Å². The predicted molar refractivity (Wildman–Crippen MR) is 70.7 cm³/mol. The minimum absolute atomic E-state index is 0.400. The summed E-state index contributed by atoms with van der Waals surface area (Å²) >= 11 is 0. The lowest BCUT2D eigenvalue weighted by molar-refractivity contribution is 0.0999. The Labute approximate surface area is 106 Å². The first kappa shape index (κ1) is 12.2. The van der Waals surface area contributed by atoms with Gasteiger partial charge in [0.05, 0.1) is 12.7 Å². The Hall–Kier alpha value is -2.23. The highest BCUT2D eigenvalue weighted by molar-refractivity contribution is 5.95. The standard InChI is InChI=1S/C14H16N2O2/c1-9-12(14(15)17)8-13(16(9)2)10-4-6-11(18-3)7-5-10/h4-8H,1-3H3,(H2,15,17). The summed E-state index contributed by atoms with van der Waals surface area (Å²) in [5.74, 6) is 0.405. The minimum Gasteiger partial charge on any atom is -0.497 e. The number of rotatable bonds is 3. The minimum atomic E-state index is -0.400. The number of hydrogen-bond acceptors (Lipinski definition) is 2. The second kappa shape index (κ2) is 4.56. The molecule has 4 nitrogen and oxygen atoms in total. The first-order valence-corrected chi connectivity index (χ1v) is 5.65. The van der Waals surface area contributed by atoms with Crippen LogP contribution < -0.4 is 10.5 Å². The van der Waals surface area contributed by atoms with E-state index in [2.05, 4.69) is 0 Å². The first-order valence-electron chi connectivity index (χ1n) is 5.65. The van der Waals surface area contributed by atoms with Crippen molar-refractivity contribution in [2.45, 2.75) is 6.92 Å². The number of methoxy groups -OCH3 is 1. The number of hydrogen-bond donors (Lipinski definition) is 1. The smallest absolute Gasteiger partial charge is 0.250 e. The number of aromatic nitrogens is 1. The van der Waals surface area contributed by atoms with Crippen LogP contribution in [0.4, 0.5) is 0 Å². The van der Waals surface area contributed by atoms with Gasteiger partial charge in [-0.2, -0.15) is 0 Å². The van der Waals surface area contributed by atoms with Crippen LogP contribution in [0.3, 0.4) is 0 Å². The van der Waals surface area contributed by atoms with Crippen molar-refractivity contribution in [2.75, 3.05) is 7.11 Å². The lowest BCUT2D eigenvalue weighted by Crippen LogP contribution is -2.11. The fourth-order valence-corrected chi connectivity index (χ4v) is 1.99. The molecular weight excluding hydrogens is 228 g/mol. The molecule has 0 aliphatic rings. The molecule has 0 unspecified atom stereocenters. The van der Waals surface area contributed by atoms with Crippen LogP contribution in [-0.4, -0.2) is 17.6 Å². The number of amides is 1. The first-order chi connectivity index (χ1) is 8.54. The van der Waals surface area contributed by atoms with Crippen molar-refractivity contribution < 1.29 is 9.53 Å². The van der Waals surface area contributed by atoms with Crippen LogP contribution in [-0.2, 0) is 7.05 Å². The summed E-state index contributed by atoms with van der Waals surface area (Å²) in [6.45, 7) is 1.88. The Balaban J connectivity index is 2.50. The third-order valence-corrected chi connectivity index (χ3v) is 3.19. The second-order valence-corrected chi connectivity index (χ2v) is 4.18. The summed E-state index contributed by atoms with van der Waals surface area (Å²) < 4.78 is 7.08. The van der Waals surface area contributed by atoms with Crippen LogP contribution in [0.1, 0.15) is 16.1 Å². The van der Waals surface area contributed by atoms with E-state index in [1.54, 1.807) is 7.11 Å². The van der Waals surface area contributed by atoms with E-state index in [0.717, 1.165) is 22.7 Å². The number of benzene rings is 1. The van der Waals surface area contributed by atoms with Crippen LogP contribution in [0.25, 0.3) is 11.3 Å². The van der Waals surface area contributed by atoms with E-state index in [0.29, 0.717) is 5.56 Å². The van der Waals surface area contributed by atoms with Crippen LogP contribution in [0.5, 0.6) is 5.75 Å². The van der Waals surface area contributed by atoms with Gasteiger partial charge in [0.2, 0.25) is 0 Å². The number of ether oxygens (including phenoxy) is 1. The molecule has 0 spiro atoms. The van der Waals surface area contributed by atoms with E-state index in [1.807, 2.05) is 48.9 Å². The van der Waals surface area contributed by atoms with Crippen molar-refractivity contribution in [2.24, 2.45) is 12.8 Å². The molecule has 1 aromatic carbocycles. The number of primary amides is 1. The third kappa shape index (κ3) is 1.97. The molecule has 0 aliphatic heterocycles. The molecule has 0 bridgehead atoms. The third-order valence-electron chi connectivity index (χ3n) is 3.19. The Morgan fingerprint density at radius 3 is 2.33 bits per heavy atom. The molecule has 2 N–H and O–H groups in total. The summed E-state index contributed by atoms with van der Waals surface area (Å²) in [5.41, 5.74) is 8.76. The number of nitrogens with two attached hydrogens (primary N) is 1. The van der Waals surface area contributed by atoms with E-state index >= 15 is 0 Å². The summed E-state index contributed by atoms with van der Waals surface area (Å²) in [5, 5.41) is 0. The van der Waals surface area contributed by atoms with Gasteiger partial charge in [-0.1, -0.05) is 0 Å². The summed E-state index contributed by atoms with van der Waals surface area (Å²) in [4.78, 5) is 11.3. The van der Waals surface area contributed by atoms with E-state index in [-0.39, 0.29) is 0 Å². The molecule has 0 saturated carbocycles. The van der Waals surface area contributed by atoms with Gasteiger partial charge in [0, 0.05) is 18.4 Å². The van der Waals surface area contributed by atoms with Gasteiger partial charge in [-0.3, -0.25) is 4.79 Å². The van der Waals surface area contributed by atoms with E-state index in [9.17, 15) is 4.79 Å². The summed E-state index contributed by atoms with van der Waals surface area (Å²) in [6, 6.07) is 9.51. The number of carbonyl (C=O) groups is 1. The van der Waals surface area contributed by atoms with E-state index < -0.39 is 5.91 Å². The highest BCUT2D eigenvalue weighted by atomic mass is 16.5. The highest BCUT2D eigenvalue weighted by Crippen LogP contribution is 2.26. The normalized spacial score (nSPS) is 10.4. The van der Waals surface area contributed by atoms with E-state index in [1.165, 1.54) is 0 Å². The number of nitrogens with zero attached hydrogens (tertiary/aromatic N) is 1. The van der Waals surface area contributed by atoms with Crippen LogP contribution in [0.2, 0.25) is 0 Å². The maximum absolute atomic E-state index is 11.3. The van der Waals surface area contributed by atoms with Crippen molar-refractivity contribution in [3.63, 3.8) is 0 Å². The fourth-order valence-electron chi connectivity index (χ4n) is 1.99. The largest absolute Gasteiger partial charge is 0.497 e. The average molecular weight is 244 g/mol. The Kier molecular flexibility index (Phi) is 3.10. The molecule has 1 aromatic heterocycles. The van der Waals surface area contributed by atoms with Gasteiger partial charge >= 0.3 is 0 Å². The molecule has 4 heteroatoms. The van der Waals surface area contributed by atoms with Gasteiger partial charge in [-0.25, -0.2) is 0 Å². The van der Waals surface area contributed by atoms with Gasteiger partial charge < -0.3 is 15.0 Å².